The minimum atomic E-state index is -0.258. The van der Waals surface area contributed by atoms with Crippen molar-refractivity contribution < 1.29 is 9.53 Å². The second kappa shape index (κ2) is 9.77. The molecule has 0 aliphatic carbocycles. The number of hydrogen-bond donors (Lipinski definition) is 1. The highest BCUT2D eigenvalue weighted by Crippen LogP contribution is 2.25. The minimum Gasteiger partial charge on any atom is -0.489 e. The van der Waals surface area contributed by atoms with Crippen molar-refractivity contribution in [3.63, 3.8) is 0 Å². The third kappa shape index (κ3) is 5.51. The zero-order chi connectivity index (χ0) is 22.7. The highest BCUT2D eigenvalue weighted by Gasteiger charge is 2.15. The summed E-state index contributed by atoms with van der Waals surface area (Å²) in [4.78, 5) is 13.2. The molecule has 0 aliphatic rings. The molecule has 0 bridgehead atoms. The number of rotatable bonds is 7. The number of thiophene rings is 1. The first-order chi connectivity index (χ1) is 15.4. The SMILES string of the molecule is Cc1cccc(Cn2cc(Cl)c(NC(=O)c3cc(COc4ccc(Cl)cc4C)cs3)n2)c1. The Hall–Kier alpha value is -2.80. The van der Waals surface area contributed by atoms with Crippen LogP contribution in [0.5, 0.6) is 5.75 Å². The Morgan fingerprint density at radius 2 is 1.97 bits per heavy atom. The van der Waals surface area contributed by atoms with Crippen molar-refractivity contribution in [1.29, 1.82) is 0 Å². The Bertz CT molecular complexity index is 1270. The van der Waals surface area contributed by atoms with Crippen molar-refractivity contribution in [3.05, 3.63) is 97.3 Å². The van der Waals surface area contributed by atoms with Crippen LogP contribution in [0.15, 0.2) is 60.1 Å². The molecule has 2 aromatic heterocycles. The van der Waals surface area contributed by atoms with Gasteiger partial charge >= 0.3 is 0 Å². The Kier molecular flexibility index (Phi) is 6.84. The number of aryl methyl sites for hydroxylation is 2. The van der Waals surface area contributed by atoms with E-state index in [4.69, 9.17) is 27.9 Å². The van der Waals surface area contributed by atoms with Crippen LogP contribution < -0.4 is 10.1 Å². The third-order valence-corrected chi connectivity index (χ3v) is 6.27. The van der Waals surface area contributed by atoms with E-state index in [1.807, 2.05) is 55.6 Å². The van der Waals surface area contributed by atoms with Crippen LogP contribution in [-0.4, -0.2) is 15.7 Å². The van der Waals surface area contributed by atoms with E-state index in [-0.39, 0.29) is 5.91 Å². The Morgan fingerprint density at radius 1 is 1.12 bits per heavy atom. The number of amides is 1. The molecule has 1 amide bonds. The molecule has 2 aromatic carbocycles. The van der Waals surface area contributed by atoms with E-state index in [0.29, 0.717) is 33.9 Å². The first kappa shape index (κ1) is 22.4. The molecule has 8 heteroatoms. The van der Waals surface area contributed by atoms with Gasteiger partial charge < -0.3 is 10.1 Å². The smallest absolute Gasteiger partial charge is 0.266 e. The van der Waals surface area contributed by atoms with Crippen LogP contribution in [0.2, 0.25) is 10.0 Å². The maximum Gasteiger partial charge on any atom is 0.266 e. The lowest BCUT2D eigenvalue weighted by molar-refractivity contribution is 0.103. The van der Waals surface area contributed by atoms with Gasteiger partial charge in [0.05, 0.1) is 11.4 Å². The van der Waals surface area contributed by atoms with Gasteiger partial charge in [-0.3, -0.25) is 9.48 Å². The van der Waals surface area contributed by atoms with Crippen molar-refractivity contribution in [1.82, 2.24) is 9.78 Å². The Morgan fingerprint density at radius 3 is 2.75 bits per heavy atom. The van der Waals surface area contributed by atoms with Gasteiger partial charge in [-0.25, -0.2) is 0 Å². The minimum absolute atomic E-state index is 0.258. The average molecular weight is 486 g/mol. The summed E-state index contributed by atoms with van der Waals surface area (Å²) in [6.45, 7) is 4.91. The zero-order valence-electron chi connectivity index (χ0n) is 17.6. The Labute approximate surface area is 200 Å². The molecule has 1 N–H and O–H groups in total. The van der Waals surface area contributed by atoms with E-state index in [9.17, 15) is 4.79 Å². The van der Waals surface area contributed by atoms with Gasteiger partial charge in [0.2, 0.25) is 0 Å². The predicted molar refractivity (Wildman–Crippen MR) is 130 cm³/mol. The largest absolute Gasteiger partial charge is 0.489 e. The van der Waals surface area contributed by atoms with Crippen LogP contribution >= 0.6 is 34.5 Å². The highest BCUT2D eigenvalue weighted by atomic mass is 35.5. The lowest BCUT2D eigenvalue weighted by atomic mass is 10.1. The van der Waals surface area contributed by atoms with Crippen LogP contribution in [0.4, 0.5) is 5.82 Å². The number of hydrogen-bond acceptors (Lipinski definition) is 4. The number of carbonyl (C=O) groups excluding carboxylic acids is 1. The van der Waals surface area contributed by atoms with Gasteiger partial charge in [0.15, 0.2) is 5.82 Å². The topological polar surface area (TPSA) is 56.2 Å². The summed E-state index contributed by atoms with van der Waals surface area (Å²) in [6.07, 6.45) is 1.71. The summed E-state index contributed by atoms with van der Waals surface area (Å²) in [5.74, 6) is 0.844. The first-order valence-electron chi connectivity index (χ1n) is 9.93. The molecule has 0 saturated heterocycles. The second-order valence-corrected chi connectivity index (χ2v) is 9.24. The number of halogens is 2. The number of aromatic nitrogens is 2. The maximum absolute atomic E-state index is 12.7. The molecule has 0 aliphatic heterocycles. The van der Waals surface area contributed by atoms with E-state index in [2.05, 4.69) is 16.5 Å². The number of nitrogens with zero attached hydrogens (tertiary/aromatic N) is 2. The van der Waals surface area contributed by atoms with Crippen LogP contribution in [0.25, 0.3) is 0 Å². The van der Waals surface area contributed by atoms with E-state index in [1.54, 1.807) is 16.9 Å². The van der Waals surface area contributed by atoms with E-state index >= 15 is 0 Å². The molecule has 4 rings (SSSR count). The molecule has 0 fully saturated rings. The number of nitrogens with one attached hydrogen (secondary N) is 1. The molecule has 0 unspecified atom stereocenters. The van der Waals surface area contributed by atoms with Gasteiger partial charge in [0, 0.05) is 16.8 Å². The number of carbonyl (C=O) groups is 1. The Balaban J connectivity index is 1.38. The molecule has 2 heterocycles. The van der Waals surface area contributed by atoms with Gasteiger partial charge in [-0.1, -0.05) is 53.0 Å². The molecule has 0 radical (unpaired) electrons. The zero-order valence-corrected chi connectivity index (χ0v) is 19.9. The van der Waals surface area contributed by atoms with E-state index < -0.39 is 0 Å². The average Bonchev–Trinajstić information content (AvgIpc) is 3.34. The van der Waals surface area contributed by atoms with Crippen LogP contribution in [0, 0.1) is 13.8 Å². The lowest BCUT2D eigenvalue weighted by Gasteiger charge is -2.08. The fraction of sp³-hybridized carbons (Fsp3) is 0.167. The highest BCUT2D eigenvalue weighted by molar-refractivity contribution is 7.12. The molecule has 0 spiro atoms. The normalized spacial score (nSPS) is 10.9. The van der Waals surface area contributed by atoms with Crippen molar-refractivity contribution in [2.24, 2.45) is 0 Å². The summed E-state index contributed by atoms with van der Waals surface area (Å²) in [7, 11) is 0. The standard InChI is InChI=1S/C24H21Cl2N3O2S/c1-15-4-3-5-17(8-15)11-29-12-20(26)23(28-29)27-24(30)22-10-18(14-32-22)13-31-21-7-6-19(25)9-16(21)2/h3-10,12,14H,11,13H2,1-2H3,(H,27,28,30). The van der Waals surface area contributed by atoms with Crippen molar-refractivity contribution in [2.75, 3.05) is 5.32 Å². The van der Waals surface area contributed by atoms with E-state index in [1.165, 1.54) is 16.9 Å². The number of benzene rings is 2. The van der Waals surface area contributed by atoms with E-state index in [0.717, 1.165) is 22.4 Å². The number of ether oxygens (including phenoxy) is 1. The van der Waals surface area contributed by atoms with Gasteiger partial charge in [0.1, 0.15) is 17.4 Å². The molecular formula is C24H21Cl2N3O2S. The molecule has 5 nitrogen and oxygen atoms in total. The summed E-state index contributed by atoms with van der Waals surface area (Å²) < 4.78 is 7.57. The molecule has 4 aromatic rings. The summed E-state index contributed by atoms with van der Waals surface area (Å²) >= 11 is 13.6. The van der Waals surface area contributed by atoms with Crippen LogP contribution in [0.1, 0.15) is 31.9 Å². The molecule has 0 saturated carbocycles. The quantitative estimate of drug-likeness (QED) is 0.315. The summed E-state index contributed by atoms with van der Waals surface area (Å²) in [5.41, 5.74) is 4.16. The first-order valence-corrected chi connectivity index (χ1v) is 11.6. The van der Waals surface area contributed by atoms with Gasteiger partial charge in [-0.15, -0.1) is 11.3 Å². The predicted octanol–water partition coefficient (Wildman–Crippen LogP) is 6.75. The van der Waals surface area contributed by atoms with Crippen molar-refractivity contribution in [2.45, 2.75) is 27.0 Å². The monoisotopic (exact) mass is 485 g/mol. The van der Waals surface area contributed by atoms with Crippen LogP contribution in [0.3, 0.4) is 0 Å². The van der Waals surface area contributed by atoms with Crippen LogP contribution in [-0.2, 0) is 13.2 Å². The van der Waals surface area contributed by atoms with Gasteiger partial charge in [-0.2, -0.15) is 5.10 Å². The lowest BCUT2D eigenvalue weighted by Crippen LogP contribution is -2.11. The fourth-order valence-electron chi connectivity index (χ4n) is 3.24. The maximum atomic E-state index is 12.7. The molecule has 0 atom stereocenters. The van der Waals surface area contributed by atoms with Gasteiger partial charge in [-0.05, 0) is 54.6 Å². The van der Waals surface area contributed by atoms with Crippen molar-refractivity contribution >= 4 is 46.3 Å². The molecule has 164 valence electrons. The molecule has 32 heavy (non-hydrogen) atoms. The van der Waals surface area contributed by atoms with Crippen molar-refractivity contribution in [3.8, 4) is 5.75 Å². The molecular weight excluding hydrogens is 465 g/mol. The third-order valence-electron chi connectivity index (χ3n) is 4.78. The number of anilines is 1. The fourth-order valence-corrected chi connectivity index (χ4v) is 4.45. The summed E-state index contributed by atoms with van der Waals surface area (Å²) in [6, 6.07) is 15.5. The van der Waals surface area contributed by atoms with Gasteiger partial charge in [0.25, 0.3) is 5.91 Å². The summed E-state index contributed by atoms with van der Waals surface area (Å²) in [5, 5.41) is 10.2. The second-order valence-electron chi connectivity index (χ2n) is 7.48.